The summed E-state index contributed by atoms with van der Waals surface area (Å²) in [6.45, 7) is 14.4. The normalized spacial score (nSPS) is 14.8. The number of ether oxygens (including phenoxy) is 1. The summed E-state index contributed by atoms with van der Waals surface area (Å²) in [5, 5.41) is 4.82. The van der Waals surface area contributed by atoms with Gasteiger partial charge in [0, 0.05) is 51.8 Å². The van der Waals surface area contributed by atoms with Gasteiger partial charge in [-0.1, -0.05) is 26.8 Å². The van der Waals surface area contributed by atoms with Gasteiger partial charge in [-0.15, -0.1) is 0 Å². The first-order chi connectivity index (χ1) is 15.8. The quantitative estimate of drug-likeness (QED) is 0.545. The van der Waals surface area contributed by atoms with Gasteiger partial charge in [-0.25, -0.2) is 9.07 Å². The van der Waals surface area contributed by atoms with Crippen molar-refractivity contribution in [2.24, 2.45) is 5.92 Å². The molecule has 33 heavy (non-hydrogen) atoms. The number of aromatic nitrogens is 2. The highest BCUT2D eigenvalue weighted by atomic mass is 19.1. The maximum Gasteiger partial charge on any atom is 0.223 e. The smallest absolute Gasteiger partial charge is 0.223 e. The molecule has 1 fully saturated rings. The Balaban J connectivity index is 2.01. The summed E-state index contributed by atoms with van der Waals surface area (Å²) in [5.74, 6) is 1.05. The van der Waals surface area contributed by atoms with E-state index in [0.29, 0.717) is 31.8 Å². The molecule has 0 spiro atoms. The molecule has 8 heteroatoms. The van der Waals surface area contributed by atoms with Crippen LogP contribution in [0.4, 0.5) is 10.2 Å². The van der Waals surface area contributed by atoms with E-state index in [1.165, 1.54) is 12.1 Å². The summed E-state index contributed by atoms with van der Waals surface area (Å²) in [6, 6.07) is 6.53. The first kappa shape index (κ1) is 25.2. The Morgan fingerprint density at radius 1 is 1.24 bits per heavy atom. The average Bonchev–Trinajstić information content (AvgIpc) is 3.12. The molecule has 0 aliphatic carbocycles. The van der Waals surface area contributed by atoms with E-state index >= 15 is 0 Å². The second-order valence-corrected chi connectivity index (χ2v) is 9.11. The average molecular weight is 460 g/mol. The van der Waals surface area contributed by atoms with Gasteiger partial charge < -0.3 is 19.4 Å². The van der Waals surface area contributed by atoms with Crippen molar-refractivity contribution in [3.8, 4) is 5.69 Å². The van der Waals surface area contributed by atoms with Crippen molar-refractivity contribution in [3.05, 3.63) is 41.3 Å². The topological polar surface area (TPSA) is 53.8 Å². The Morgan fingerprint density at radius 2 is 1.97 bits per heavy atom. The lowest BCUT2D eigenvalue weighted by atomic mass is 10.1. The molecule has 0 saturated carbocycles. The van der Waals surface area contributed by atoms with Crippen LogP contribution < -0.4 is 4.90 Å². The molecule has 1 aromatic heterocycles. The Hall–Kier alpha value is -2.45. The molecule has 1 aliphatic heterocycles. The van der Waals surface area contributed by atoms with Crippen LogP contribution in [0, 0.1) is 18.7 Å². The van der Waals surface area contributed by atoms with Gasteiger partial charge in [-0.3, -0.25) is 4.79 Å². The van der Waals surface area contributed by atoms with Crippen LogP contribution in [-0.2, 0) is 16.1 Å². The van der Waals surface area contributed by atoms with Crippen molar-refractivity contribution in [2.75, 3.05) is 57.9 Å². The first-order valence-corrected chi connectivity index (χ1v) is 11.9. The highest BCUT2D eigenvalue weighted by molar-refractivity contribution is 5.76. The molecule has 1 aliphatic rings. The molecule has 0 N–H and O–H groups in total. The highest BCUT2D eigenvalue weighted by Gasteiger charge is 2.27. The van der Waals surface area contributed by atoms with Crippen molar-refractivity contribution >= 4 is 11.7 Å². The van der Waals surface area contributed by atoms with Crippen LogP contribution >= 0.6 is 0 Å². The zero-order chi connectivity index (χ0) is 24.0. The fourth-order valence-electron chi connectivity index (χ4n) is 4.28. The van der Waals surface area contributed by atoms with Gasteiger partial charge in [-0.05, 0) is 37.6 Å². The van der Waals surface area contributed by atoms with Gasteiger partial charge in [-0.2, -0.15) is 5.10 Å². The fourth-order valence-corrected chi connectivity index (χ4v) is 4.28. The Morgan fingerprint density at radius 3 is 2.58 bits per heavy atom. The number of carbonyl (C=O) groups excluding carboxylic acids is 1. The van der Waals surface area contributed by atoms with Crippen LogP contribution in [0.1, 0.15) is 38.4 Å². The molecule has 2 aromatic rings. The van der Waals surface area contributed by atoms with Gasteiger partial charge in [0.05, 0.1) is 24.5 Å². The summed E-state index contributed by atoms with van der Waals surface area (Å²) in [4.78, 5) is 19.7. The number of hydrogen-bond donors (Lipinski definition) is 0. The van der Waals surface area contributed by atoms with Gasteiger partial charge in [0.2, 0.25) is 5.91 Å². The van der Waals surface area contributed by atoms with Crippen LogP contribution in [0.25, 0.3) is 5.69 Å². The largest absolute Gasteiger partial charge is 0.383 e. The lowest BCUT2D eigenvalue weighted by Crippen LogP contribution is -2.47. The number of aryl methyl sites for hydroxylation is 1. The molecule has 1 saturated heterocycles. The summed E-state index contributed by atoms with van der Waals surface area (Å²) < 4.78 is 21.2. The lowest BCUT2D eigenvalue weighted by Gasteiger charge is -2.36. The molecular weight excluding hydrogens is 421 g/mol. The van der Waals surface area contributed by atoms with E-state index in [0.717, 1.165) is 49.8 Å². The first-order valence-electron chi connectivity index (χ1n) is 11.9. The minimum Gasteiger partial charge on any atom is -0.383 e. The molecule has 1 amide bonds. The minimum atomic E-state index is -0.294. The molecule has 2 heterocycles. The number of nitrogens with zero attached hydrogens (tertiary/aromatic N) is 5. The minimum absolute atomic E-state index is 0.113. The second kappa shape index (κ2) is 11.6. The van der Waals surface area contributed by atoms with Crippen molar-refractivity contribution in [3.63, 3.8) is 0 Å². The summed E-state index contributed by atoms with van der Waals surface area (Å²) >= 11 is 0. The summed E-state index contributed by atoms with van der Waals surface area (Å²) in [5.41, 5.74) is 2.55. The predicted molar refractivity (Wildman–Crippen MR) is 129 cm³/mol. The van der Waals surface area contributed by atoms with E-state index in [1.54, 1.807) is 13.2 Å². The number of anilines is 1. The number of piperazine rings is 1. The zero-order valence-corrected chi connectivity index (χ0v) is 20.7. The van der Waals surface area contributed by atoms with Gasteiger partial charge in [0.15, 0.2) is 0 Å². The predicted octanol–water partition coefficient (Wildman–Crippen LogP) is 3.48. The van der Waals surface area contributed by atoms with Crippen molar-refractivity contribution < 1.29 is 13.9 Å². The maximum absolute atomic E-state index is 14.1. The zero-order valence-electron chi connectivity index (χ0n) is 20.7. The van der Waals surface area contributed by atoms with E-state index in [4.69, 9.17) is 9.84 Å². The van der Waals surface area contributed by atoms with Crippen molar-refractivity contribution in [1.29, 1.82) is 0 Å². The maximum atomic E-state index is 14.1. The molecule has 3 rings (SSSR count). The van der Waals surface area contributed by atoms with E-state index in [-0.39, 0.29) is 17.6 Å². The number of carbonyl (C=O) groups is 1. The summed E-state index contributed by atoms with van der Waals surface area (Å²) in [6.07, 6.45) is 0.491. The van der Waals surface area contributed by atoms with Crippen LogP contribution in [0.15, 0.2) is 24.3 Å². The Bertz CT molecular complexity index is 922. The monoisotopic (exact) mass is 459 g/mol. The van der Waals surface area contributed by atoms with Gasteiger partial charge in [0.1, 0.15) is 11.6 Å². The number of halogens is 1. The number of methoxy groups -OCH3 is 1. The third-order valence-corrected chi connectivity index (χ3v) is 6.18. The lowest BCUT2D eigenvalue weighted by molar-refractivity contribution is -0.133. The van der Waals surface area contributed by atoms with E-state index in [1.807, 2.05) is 22.6 Å². The molecule has 1 aromatic carbocycles. The number of hydrogen-bond acceptors (Lipinski definition) is 5. The molecule has 0 atom stereocenters. The van der Waals surface area contributed by atoms with Crippen molar-refractivity contribution in [1.82, 2.24) is 19.6 Å². The number of benzene rings is 1. The SMILES string of the molecule is CCN1CCN(c2c(CN(CCOC)C(=O)CC(C)C)c(C)nn2-c2cccc(F)c2)CC1. The Labute approximate surface area is 197 Å². The number of amides is 1. The van der Waals surface area contributed by atoms with Crippen LogP contribution in [0.3, 0.4) is 0 Å². The molecule has 0 unspecified atom stereocenters. The van der Waals surface area contributed by atoms with Crippen LogP contribution in [0.2, 0.25) is 0 Å². The Kier molecular flexibility index (Phi) is 8.86. The molecule has 0 radical (unpaired) electrons. The van der Waals surface area contributed by atoms with Gasteiger partial charge in [0.25, 0.3) is 0 Å². The van der Waals surface area contributed by atoms with Crippen molar-refractivity contribution in [2.45, 2.75) is 40.7 Å². The number of likely N-dealkylation sites (N-methyl/N-ethyl adjacent to an activating group) is 1. The molecular formula is C25H38FN5O2. The third kappa shape index (κ3) is 6.32. The van der Waals surface area contributed by atoms with E-state index < -0.39 is 0 Å². The highest BCUT2D eigenvalue weighted by Crippen LogP contribution is 2.30. The number of rotatable bonds is 10. The van der Waals surface area contributed by atoms with E-state index in [9.17, 15) is 9.18 Å². The fraction of sp³-hybridized carbons (Fsp3) is 0.600. The molecule has 0 bridgehead atoms. The molecule has 7 nitrogen and oxygen atoms in total. The molecule has 182 valence electrons. The van der Waals surface area contributed by atoms with Crippen LogP contribution in [0.5, 0.6) is 0 Å². The third-order valence-electron chi connectivity index (χ3n) is 6.18. The van der Waals surface area contributed by atoms with Crippen LogP contribution in [-0.4, -0.2) is 78.5 Å². The van der Waals surface area contributed by atoms with E-state index in [2.05, 4.69) is 30.6 Å². The summed E-state index contributed by atoms with van der Waals surface area (Å²) in [7, 11) is 1.65. The second-order valence-electron chi connectivity index (χ2n) is 9.11. The standard InChI is InChI=1S/C25H38FN5O2/c1-6-28-10-12-29(13-11-28)25-23(18-30(14-15-33-5)24(32)16-19(2)3)20(4)27-31(25)22-9-7-8-21(26)17-22/h7-9,17,19H,6,10-16,18H2,1-5H3. The van der Waals surface area contributed by atoms with Gasteiger partial charge >= 0.3 is 0 Å².